The SMILES string of the molecule is O=C1/C(=C\c2ccc(Cl)cc2)SC(c2ccc(Cl)cc2Cl)/C1=C/c1ccc(Cl)cc1. The zero-order valence-corrected chi connectivity index (χ0v) is 19.3. The van der Waals surface area contributed by atoms with Crippen LogP contribution in [0.3, 0.4) is 0 Å². The van der Waals surface area contributed by atoms with Crippen molar-refractivity contribution in [1.82, 2.24) is 0 Å². The Kier molecular flexibility index (Phi) is 6.62. The lowest BCUT2D eigenvalue weighted by Crippen LogP contribution is -2.01. The van der Waals surface area contributed by atoms with Gasteiger partial charge in [0.05, 0.1) is 10.2 Å². The van der Waals surface area contributed by atoms with Crippen molar-refractivity contribution in [2.24, 2.45) is 0 Å². The van der Waals surface area contributed by atoms with Gasteiger partial charge in [-0.2, -0.15) is 0 Å². The number of thioether (sulfide) groups is 1. The van der Waals surface area contributed by atoms with E-state index in [2.05, 4.69) is 0 Å². The van der Waals surface area contributed by atoms with E-state index in [1.54, 1.807) is 36.4 Å². The van der Waals surface area contributed by atoms with Crippen molar-refractivity contribution in [3.63, 3.8) is 0 Å². The van der Waals surface area contributed by atoms with E-state index in [0.717, 1.165) is 16.7 Å². The molecule has 6 heteroatoms. The number of rotatable bonds is 3. The van der Waals surface area contributed by atoms with Gasteiger partial charge in [0.15, 0.2) is 5.78 Å². The summed E-state index contributed by atoms with van der Waals surface area (Å²) in [6.07, 6.45) is 3.77. The molecule has 1 aliphatic heterocycles. The van der Waals surface area contributed by atoms with Crippen molar-refractivity contribution in [2.75, 3.05) is 0 Å². The number of Topliss-reactive ketones (excluding diaryl/α,β-unsaturated/α-hetero) is 1. The molecule has 1 nitrogen and oxygen atoms in total. The quantitative estimate of drug-likeness (QED) is 0.340. The molecule has 3 aromatic rings. The molecule has 0 amide bonds. The number of halogens is 4. The summed E-state index contributed by atoms with van der Waals surface area (Å²) in [5.74, 6) is -0.0269. The van der Waals surface area contributed by atoms with Crippen LogP contribution in [0.4, 0.5) is 0 Å². The molecule has 0 aliphatic carbocycles. The lowest BCUT2D eigenvalue weighted by Gasteiger charge is -2.13. The van der Waals surface area contributed by atoms with Gasteiger partial charge in [-0.3, -0.25) is 4.79 Å². The Balaban J connectivity index is 1.79. The third-order valence-electron chi connectivity index (χ3n) is 4.62. The van der Waals surface area contributed by atoms with Crippen LogP contribution in [-0.2, 0) is 4.79 Å². The van der Waals surface area contributed by atoms with Crippen molar-refractivity contribution in [3.8, 4) is 0 Å². The summed E-state index contributed by atoms with van der Waals surface area (Å²) in [6.45, 7) is 0. The topological polar surface area (TPSA) is 17.1 Å². The predicted octanol–water partition coefficient (Wildman–Crippen LogP) is 8.78. The Morgan fingerprint density at radius 2 is 1.23 bits per heavy atom. The number of hydrogen-bond acceptors (Lipinski definition) is 2. The highest BCUT2D eigenvalue weighted by Crippen LogP contribution is 2.52. The van der Waals surface area contributed by atoms with Crippen LogP contribution in [0.15, 0.2) is 77.2 Å². The average Bonchev–Trinajstić information content (AvgIpc) is 3.01. The van der Waals surface area contributed by atoms with Crippen LogP contribution in [0.2, 0.25) is 20.1 Å². The first-order valence-electron chi connectivity index (χ1n) is 9.01. The molecule has 1 fully saturated rings. The van der Waals surface area contributed by atoms with Crippen molar-refractivity contribution in [2.45, 2.75) is 5.25 Å². The lowest BCUT2D eigenvalue weighted by atomic mass is 9.98. The summed E-state index contributed by atoms with van der Waals surface area (Å²) in [5, 5.41) is 2.14. The first-order chi connectivity index (χ1) is 14.4. The van der Waals surface area contributed by atoms with Gasteiger partial charge in [-0.25, -0.2) is 0 Å². The van der Waals surface area contributed by atoms with Gasteiger partial charge in [0.1, 0.15) is 0 Å². The maximum absolute atomic E-state index is 13.3. The van der Waals surface area contributed by atoms with Crippen molar-refractivity contribution >= 4 is 76.1 Å². The number of hydrogen-bond donors (Lipinski definition) is 0. The Bertz CT molecular complexity index is 1160. The first kappa shape index (κ1) is 21.5. The van der Waals surface area contributed by atoms with E-state index in [9.17, 15) is 4.79 Å². The molecule has 1 aliphatic rings. The Morgan fingerprint density at radius 3 is 1.80 bits per heavy atom. The van der Waals surface area contributed by atoms with Gasteiger partial charge in [-0.1, -0.05) is 76.7 Å². The average molecular weight is 492 g/mol. The highest BCUT2D eigenvalue weighted by atomic mass is 35.5. The molecule has 1 unspecified atom stereocenters. The summed E-state index contributed by atoms with van der Waals surface area (Å²) in [6, 6.07) is 20.1. The maximum Gasteiger partial charge on any atom is 0.196 e. The van der Waals surface area contributed by atoms with Gasteiger partial charge in [0.2, 0.25) is 0 Å². The summed E-state index contributed by atoms with van der Waals surface area (Å²) in [4.78, 5) is 14.0. The molecule has 1 atom stereocenters. The largest absolute Gasteiger partial charge is 0.288 e. The Morgan fingerprint density at radius 1 is 0.700 bits per heavy atom. The van der Waals surface area contributed by atoms with Crippen LogP contribution in [0.1, 0.15) is 21.9 Å². The van der Waals surface area contributed by atoms with Gasteiger partial charge in [-0.15, -0.1) is 11.8 Å². The zero-order chi connectivity index (χ0) is 21.3. The lowest BCUT2D eigenvalue weighted by molar-refractivity contribution is -0.111. The molecule has 150 valence electrons. The van der Waals surface area contributed by atoms with Crippen molar-refractivity contribution < 1.29 is 4.79 Å². The number of benzene rings is 3. The normalized spacial score (nSPS) is 19.1. The van der Waals surface area contributed by atoms with E-state index in [1.165, 1.54) is 11.8 Å². The molecule has 0 saturated carbocycles. The molecule has 1 saturated heterocycles. The summed E-state index contributed by atoms with van der Waals surface area (Å²) in [5.41, 5.74) is 3.31. The van der Waals surface area contributed by atoms with Gasteiger partial charge >= 0.3 is 0 Å². The fourth-order valence-electron chi connectivity index (χ4n) is 3.14. The Labute approximate surface area is 199 Å². The van der Waals surface area contributed by atoms with Crippen LogP contribution >= 0.6 is 58.2 Å². The minimum Gasteiger partial charge on any atom is -0.288 e. The van der Waals surface area contributed by atoms with Crippen LogP contribution < -0.4 is 0 Å². The van der Waals surface area contributed by atoms with Crippen molar-refractivity contribution in [3.05, 3.63) is 114 Å². The Hall–Kier alpha value is -1.68. The van der Waals surface area contributed by atoms with E-state index in [0.29, 0.717) is 30.6 Å². The second-order valence-corrected chi connectivity index (χ2v) is 9.57. The van der Waals surface area contributed by atoms with Crippen molar-refractivity contribution in [1.29, 1.82) is 0 Å². The molecule has 0 N–H and O–H groups in total. The molecule has 0 bridgehead atoms. The second-order valence-electron chi connectivity index (χ2n) is 6.70. The molecule has 3 aromatic carbocycles. The second kappa shape index (κ2) is 9.21. The van der Waals surface area contributed by atoms with Gasteiger partial charge in [0.25, 0.3) is 0 Å². The highest BCUT2D eigenvalue weighted by molar-refractivity contribution is 8.05. The monoisotopic (exact) mass is 490 g/mol. The molecule has 0 radical (unpaired) electrons. The fraction of sp³-hybridized carbons (Fsp3) is 0.0417. The van der Waals surface area contributed by atoms with Gasteiger partial charge in [-0.05, 0) is 65.2 Å². The summed E-state index contributed by atoms with van der Waals surface area (Å²) in [7, 11) is 0. The number of ketones is 1. The minimum atomic E-state index is -0.239. The summed E-state index contributed by atoms with van der Waals surface area (Å²) < 4.78 is 0. The first-order valence-corrected chi connectivity index (χ1v) is 11.4. The summed E-state index contributed by atoms with van der Waals surface area (Å²) >= 11 is 26.0. The van der Waals surface area contributed by atoms with Crippen LogP contribution in [0, 0.1) is 0 Å². The predicted molar refractivity (Wildman–Crippen MR) is 131 cm³/mol. The highest BCUT2D eigenvalue weighted by Gasteiger charge is 2.36. The maximum atomic E-state index is 13.3. The minimum absolute atomic E-state index is 0.0269. The van der Waals surface area contributed by atoms with Crippen LogP contribution in [0.25, 0.3) is 12.2 Å². The molecule has 1 heterocycles. The third kappa shape index (κ3) is 4.80. The molecule has 4 rings (SSSR count). The van der Waals surface area contributed by atoms with E-state index in [4.69, 9.17) is 46.4 Å². The number of allylic oxidation sites excluding steroid dienone is 1. The third-order valence-corrected chi connectivity index (χ3v) is 6.99. The number of carbonyl (C=O) groups is 1. The van der Waals surface area contributed by atoms with Crippen LogP contribution in [-0.4, -0.2) is 5.78 Å². The van der Waals surface area contributed by atoms with E-state index in [1.807, 2.05) is 42.5 Å². The molecular weight excluding hydrogens is 478 g/mol. The fourth-order valence-corrected chi connectivity index (χ4v) is 5.29. The van der Waals surface area contributed by atoms with Gasteiger partial charge in [0, 0.05) is 25.7 Å². The molecule has 0 aromatic heterocycles. The van der Waals surface area contributed by atoms with Crippen LogP contribution in [0.5, 0.6) is 0 Å². The molecule has 30 heavy (non-hydrogen) atoms. The van der Waals surface area contributed by atoms with Gasteiger partial charge < -0.3 is 0 Å². The molecule has 0 spiro atoms. The molecular formula is C24H14Cl4OS. The van der Waals surface area contributed by atoms with E-state index >= 15 is 0 Å². The van der Waals surface area contributed by atoms with E-state index < -0.39 is 0 Å². The standard InChI is InChI=1S/C24H14Cl4OS/c25-16-5-1-14(2-6-16)11-20-23(29)22(12-15-3-7-17(26)8-4-15)30-24(20)19-10-9-18(27)13-21(19)28/h1-13,24H/b20-11+,22-12+. The number of carbonyl (C=O) groups excluding carboxylic acids is 1. The van der Waals surface area contributed by atoms with E-state index in [-0.39, 0.29) is 11.0 Å². The zero-order valence-electron chi connectivity index (χ0n) is 15.4. The smallest absolute Gasteiger partial charge is 0.196 e.